The standard InChI is InChI=1S/C11H13BrN2/c12-8-2-1-3-10(4-8)14-7-9-5-11(14)6-13-9/h1-4,9,11,13H,5-7H2. The van der Waals surface area contributed by atoms with Crippen LogP contribution in [-0.4, -0.2) is 25.2 Å². The molecule has 2 atom stereocenters. The number of anilines is 1. The number of rotatable bonds is 1. The lowest BCUT2D eigenvalue weighted by Gasteiger charge is -2.29. The normalized spacial score (nSPS) is 29.9. The fourth-order valence-electron chi connectivity index (χ4n) is 2.53. The largest absolute Gasteiger partial charge is 0.366 e. The molecule has 0 spiro atoms. The van der Waals surface area contributed by atoms with Crippen molar-refractivity contribution < 1.29 is 0 Å². The molecule has 0 aliphatic carbocycles. The minimum atomic E-state index is 0.717. The van der Waals surface area contributed by atoms with Gasteiger partial charge in [0.25, 0.3) is 0 Å². The molecule has 2 bridgehead atoms. The molecule has 1 aromatic rings. The van der Waals surface area contributed by atoms with E-state index in [0.29, 0.717) is 6.04 Å². The van der Waals surface area contributed by atoms with Gasteiger partial charge in [-0.05, 0) is 24.6 Å². The Morgan fingerprint density at radius 2 is 2.36 bits per heavy atom. The Morgan fingerprint density at radius 3 is 3.00 bits per heavy atom. The second-order valence-electron chi connectivity index (χ2n) is 4.13. The van der Waals surface area contributed by atoms with Gasteiger partial charge in [-0.1, -0.05) is 22.0 Å². The van der Waals surface area contributed by atoms with Gasteiger partial charge in [0.1, 0.15) is 0 Å². The van der Waals surface area contributed by atoms with Gasteiger partial charge < -0.3 is 10.2 Å². The SMILES string of the molecule is Brc1cccc(N2CC3CC2CN3)c1. The van der Waals surface area contributed by atoms with Crippen LogP contribution in [0.3, 0.4) is 0 Å². The molecule has 2 aliphatic rings. The Kier molecular flexibility index (Phi) is 2.03. The molecule has 0 amide bonds. The molecule has 3 rings (SSSR count). The second kappa shape index (κ2) is 3.24. The quantitative estimate of drug-likeness (QED) is 0.823. The van der Waals surface area contributed by atoms with E-state index in [0.717, 1.165) is 12.6 Å². The van der Waals surface area contributed by atoms with Gasteiger partial charge in [0, 0.05) is 35.3 Å². The summed E-state index contributed by atoms with van der Waals surface area (Å²) in [5, 5.41) is 3.52. The van der Waals surface area contributed by atoms with E-state index in [1.807, 2.05) is 0 Å². The Hall–Kier alpha value is -0.540. The number of benzene rings is 1. The molecule has 2 saturated heterocycles. The zero-order chi connectivity index (χ0) is 9.54. The number of piperazine rings is 1. The lowest BCUT2D eigenvalue weighted by Crippen LogP contribution is -2.43. The first-order valence-electron chi connectivity index (χ1n) is 5.08. The zero-order valence-corrected chi connectivity index (χ0v) is 9.50. The predicted molar refractivity (Wildman–Crippen MR) is 61.7 cm³/mol. The molecule has 0 saturated carbocycles. The van der Waals surface area contributed by atoms with Crippen LogP contribution in [0.4, 0.5) is 5.69 Å². The van der Waals surface area contributed by atoms with E-state index in [2.05, 4.69) is 50.4 Å². The molecule has 0 radical (unpaired) electrons. The third-order valence-electron chi connectivity index (χ3n) is 3.20. The van der Waals surface area contributed by atoms with E-state index in [9.17, 15) is 0 Å². The van der Waals surface area contributed by atoms with Gasteiger partial charge in [0.15, 0.2) is 0 Å². The van der Waals surface area contributed by atoms with Gasteiger partial charge >= 0.3 is 0 Å². The lowest BCUT2D eigenvalue weighted by atomic mass is 10.2. The van der Waals surface area contributed by atoms with E-state index in [4.69, 9.17) is 0 Å². The highest BCUT2D eigenvalue weighted by atomic mass is 79.9. The van der Waals surface area contributed by atoms with Crippen molar-refractivity contribution in [3.63, 3.8) is 0 Å². The summed E-state index contributed by atoms with van der Waals surface area (Å²) in [6.07, 6.45) is 1.31. The molecule has 1 N–H and O–H groups in total. The Morgan fingerprint density at radius 1 is 1.43 bits per heavy atom. The van der Waals surface area contributed by atoms with Gasteiger partial charge in [-0.15, -0.1) is 0 Å². The summed E-state index contributed by atoms with van der Waals surface area (Å²) in [6.45, 7) is 2.32. The van der Waals surface area contributed by atoms with E-state index in [1.165, 1.54) is 23.1 Å². The lowest BCUT2D eigenvalue weighted by molar-refractivity contribution is 0.580. The smallest absolute Gasteiger partial charge is 0.0430 e. The summed E-state index contributed by atoms with van der Waals surface area (Å²) in [4.78, 5) is 2.52. The monoisotopic (exact) mass is 252 g/mol. The first kappa shape index (κ1) is 8.74. The van der Waals surface area contributed by atoms with E-state index < -0.39 is 0 Å². The van der Waals surface area contributed by atoms with Gasteiger partial charge in [0.2, 0.25) is 0 Å². The highest BCUT2D eigenvalue weighted by molar-refractivity contribution is 9.10. The summed E-state index contributed by atoms with van der Waals surface area (Å²) >= 11 is 3.52. The third-order valence-corrected chi connectivity index (χ3v) is 3.69. The van der Waals surface area contributed by atoms with Gasteiger partial charge in [-0.25, -0.2) is 0 Å². The summed E-state index contributed by atoms with van der Waals surface area (Å²) in [5.41, 5.74) is 1.35. The van der Waals surface area contributed by atoms with Crippen molar-refractivity contribution in [1.29, 1.82) is 0 Å². The number of hydrogen-bond acceptors (Lipinski definition) is 2. The van der Waals surface area contributed by atoms with Crippen LogP contribution in [-0.2, 0) is 0 Å². The fraction of sp³-hybridized carbons (Fsp3) is 0.455. The summed E-state index contributed by atoms with van der Waals surface area (Å²) in [5.74, 6) is 0. The highest BCUT2D eigenvalue weighted by Gasteiger charge is 2.37. The molecule has 0 aromatic heterocycles. The fourth-order valence-corrected chi connectivity index (χ4v) is 2.92. The van der Waals surface area contributed by atoms with E-state index >= 15 is 0 Å². The average Bonchev–Trinajstić information content (AvgIpc) is 2.78. The number of nitrogens with one attached hydrogen (secondary N) is 1. The molecular weight excluding hydrogens is 240 g/mol. The van der Waals surface area contributed by atoms with Crippen molar-refractivity contribution in [2.45, 2.75) is 18.5 Å². The number of fused-ring (bicyclic) bond motifs is 2. The summed E-state index contributed by atoms with van der Waals surface area (Å²) in [6, 6.07) is 10.0. The Balaban J connectivity index is 1.89. The average molecular weight is 253 g/mol. The predicted octanol–water partition coefficient (Wildman–Crippen LogP) is 2.00. The highest BCUT2D eigenvalue weighted by Crippen LogP contribution is 2.30. The van der Waals surface area contributed by atoms with Crippen molar-refractivity contribution in [3.05, 3.63) is 28.7 Å². The van der Waals surface area contributed by atoms with Crippen LogP contribution in [0.15, 0.2) is 28.7 Å². The van der Waals surface area contributed by atoms with Crippen LogP contribution >= 0.6 is 15.9 Å². The van der Waals surface area contributed by atoms with E-state index in [-0.39, 0.29) is 0 Å². The topological polar surface area (TPSA) is 15.3 Å². The minimum Gasteiger partial charge on any atom is -0.366 e. The van der Waals surface area contributed by atoms with Crippen LogP contribution in [0.5, 0.6) is 0 Å². The van der Waals surface area contributed by atoms with Gasteiger partial charge in [-0.3, -0.25) is 0 Å². The second-order valence-corrected chi connectivity index (χ2v) is 5.04. The molecule has 2 heterocycles. The number of hydrogen-bond donors (Lipinski definition) is 1. The van der Waals surface area contributed by atoms with Crippen LogP contribution < -0.4 is 10.2 Å². The maximum absolute atomic E-state index is 3.52. The Labute approximate surface area is 92.4 Å². The molecule has 2 unspecified atom stereocenters. The molecule has 2 fully saturated rings. The van der Waals surface area contributed by atoms with Crippen LogP contribution in [0, 0.1) is 0 Å². The molecule has 2 aliphatic heterocycles. The molecule has 2 nitrogen and oxygen atoms in total. The maximum atomic E-state index is 3.52. The summed E-state index contributed by atoms with van der Waals surface area (Å²) < 4.78 is 1.17. The molecular formula is C11H13BrN2. The number of halogens is 1. The molecule has 74 valence electrons. The maximum Gasteiger partial charge on any atom is 0.0430 e. The minimum absolute atomic E-state index is 0.717. The van der Waals surface area contributed by atoms with E-state index in [1.54, 1.807) is 0 Å². The first-order chi connectivity index (χ1) is 6.83. The van der Waals surface area contributed by atoms with Crippen LogP contribution in [0.1, 0.15) is 6.42 Å². The van der Waals surface area contributed by atoms with Crippen molar-refractivity contribution in [1.82, 2.24) is 5.32 Å². The first-order valence-corrected chi connectivity index (χ1v) is 5.88. The molecule has 14 heavy (non-hydrogen) atoms. The zero-order valence-electron chi connectivity index (χ0n) is 7.91. The van der Waals surface area contributed by atoms with Crippen molar-refractivity contribution in [2.24, 2.45) is 0 Å². The third kappa shape index (κ3) is 1.35. The van der Waals surface area contributed by atoms with Gasteiger partial charge in [0.05, 0.1) is 0 Å². The van der Waals surface area contributed by atoms with Crippen LogP contribution in [0.2, 0.25) is 0 Å². The van der Waals surface area contributed by atoms with Crippen molar-refractivity contribution in [2.75, 3.05) is 18.0 Å². The Bertz CT molecular complexity index is 353. The number of nitrogens with zero attached hydrogens (tertiary/aromatic N) is 1. The summed E-state index contributed by atoms with van der Waals surface area (Å²) in [7, 11) is 0. The van der Waals surface area contributed by atoms with Gasteiger partial charge in [-0.2, -0.15) is 0 Å². The molecule has 3 heteroatoms. The van der Waals surface area contributed by atoms with Crippen molar-refractivity contribution >= 4 is 21.6 Å². The van der Waals surface area contributed by atoms with Crippen LogP contribution in [0.25, 0.3) is 0 Å². The van der Waals surface area contributed by atoms with Crippen molar-refractivity contribution in [3.8, 4) is 0 Å². The molecule has 1 aromatic carbocycles.